The summed E-state index contributed by atoms with van der Waals surface area (Å²) in [6, 6.07) is 6.12. The predicted octanol–water partition coefficient (Wildman–Crippen LogP) is 3.07. The van der Waals surface area contributed by atoms with E-state index in [-0.39, 0.29) is 17.8 Å². The molecule has 0 saturated carbocycles. The van der Waals surface area contributed by atoms with Crippen LogP contribution in [0.2, 0.25) is 0 Å². The van der Waals surface area contributed by atoms with E-state index in [0.717, 1.165) is 5.57 Å². The third-order valence-corrected chi connectivity index (χ3v) is 3.65. The zero-order chi connectivity index (χ0) is 15.7. The van der Waals surface area contributed by atoms with Crippen LogP contribution in [-0.2, 0) is 4.74 Å². The molecule has 0 amide bonds. The number of rotatable bonds is 4. The molecule has 0 aromatic heterocycles. The highest BCUT2D eigenvalue weighted by atomic mass is 19.3. The van der Waals surface area contributed by atoms with E-state index in [2.05, 4.69) is 10.1 Å². The molecular weight excluding hydrogens is 302 g/mol. The molecule has 3 nitrogen and oxygen atoms in total. The summed E-state index contributed by atoms with van der Waals surface area (Å²) in [5.74, 6) is -0.274. The molecule has 0 radical (unpaired) electrons. The van der Waals surface area contributed by atoms with Crippen molar-refractivity contribution in [3.8, 4) is 5.75 Å². The number of nitrogens with one attached hydrogen (secondary N) is 1. The molecule has 2 aliphatic heterocycles. The molecule has 120 valence electrons. The molecule has 1 aromatic rings. The van der Waals surface area contributed by atoms with Gasteiger partial charge in [-0.25, -0.2) is 0 Å². The Hall–Kier alpha value is -1.60. The minimum absolute atomic E-state index is 0.0783. The summed E-state index contributed by atoms with van der Waals surface area (Å²) in [7, 11) is 0. The molecule has 1 fully saturated rings. The fraction of sp³-hybridized carbons (Fsp3) is 0.467. The van der Waals surface area contributed by atoms with E-state index in [9.17, 15) is 17.6 Å². The quantitative estimate of drug-likeness (QED) is 0.866. The minimum atomic E-state index is -4.49. The predicted molar refractivity (Wildman–Crippen MR) is 72.1 cm³/mol. The zero-order valence-electron chi connectivity index (χ0n) is 11.6. The number of morpholine rings is 1. The van der Waals surface area contributed by atoms with Gasteiger partial charge in [-0.15, -0.1) is 0 Å². The SMILES string of the molecule is FC(F)C(F)(F)Oc1cccc(C2=CC3COCC(C2)N3)c1. The van der Waals surface area contributed by atoms with Crippen LogP contribution in [0.5, 0.6) is 5.75 Å². The van der Waals surface area contributed by atoms with Crippen LogP contribution >= 0.6 is 0 Å². The molecule has 2 bridgehead atoms. The van der Waals surface area contributed by atoms with Gasteiger partial charge in [0.05, 0.1) is 13.2 Å². The van der Waals surface area contributed by atoms with Gasteiger partial charge in [0.15, 0.2) is 0 Å². The molecule has 0 aliphatic carbocycles. The van der Waals surface area contributed by atoms with Crippen molar-refractivity contribution >= 4 is 5.57 Å². The van der Waals surface area contributed by atoms with E-state index >= 15 is 0 Å². The zero-order valence-corrected chi connectivity index (χ0v) is 11.6. The second-order valence-electron chi connectivity index (χ2n) is 5.40. The molecule has 7 heteroatoms. The Morgan fingerprint density at radius 2 is 2.09 bits per heavy atom. The molecule has 2 unspecified atom stereocenters. The standard InChI is InChI=1S/C15H15F4NO2/c16-14(17)15(18,19)22-13-3-1-2-9(6-13)10-4-11-7-21-8-12(5-10)20-11/h1-4,6,11-12,14,20H,5,7-8H2. The van der Waals surface area contributed by atoms with Crippen LogP contribution in [0.4, 0.5) is 17.6 Å². The molecule has 2 heterocycles. The summed E-state index contributed by atoms with van der Waals surface area (Å²) in [4.78, 5) is 0. The van der Waals surface area contributed by atoms with E-state index in [1.807, 2.05) is 6.08 Å². The lowest BCUT2D eigenvalue weighted by molar-refractivity contribution is -0.253. The van der Waals surface area contributed by atoms with Gasteiger partial charge in [0.25, 0.3) is 0 Å². The molecule has 22 heavy (non-hydrogen) atoms. The summed E-state index contributed by atoms with van der Waals surface area (Å²) in [5.41, 5.74) is 1.67. The lowest BCUT2D eigenvalue weighted by Crippen LogP contribution is -2.50. The summed E-state index contributed by atoms with van der Waals surface area (Å²) in [6.07, 6.45) is -5.71. The largest absolute Gasteiger partial charge is 0.461 e. The van der Waals surface area contributed by atoms with E-state index in [0.29, 0.717) is 25.2 Å². The summed E-state index contributed by atoms with van der Waals surface area (Å²) < 4.78 is 59.9. The number of halogens is 4. The number of ether oxygens (including phenoxy) is 2. The third-order valence-electron chi connectivity index (χ3n) is 3.65. The lowest BCUT2D eigenvalue weighted by atomic mass is 9.92. The van der Waals surface area contributed by atoms with Crippen molar-refractivity contribution in [3.05, 3.63) is 35.9 Å². The highest BCUT2D eigenvalue weighted by Gasteiger charge is 2.44. The van der Waals surface area contributed by atoms with Crippen molar-refractivity contribution in [1.29, 1.82) is 0 Å². The Morgan fingerprint density at radius 1 is 1.27 bits per heavy atom. The topological polar surface area (TPSA) is 30.5 Å². The van der Waals surface area contributed by atoms with E-state index < -0.39 is 12.5 Å². The Kier molecular flexibility index (Phi) is 4.10. The maximum Gasteiger partial charge on any atom is 0.461 e. The first-order chi connectivity index (χ1) is 10.4. The first kappa shape index (κ1) is 15.3. The Morgan fingerprint density at radius 3 is 2.82 bits per heavy atom. The molecule has 1 saturated heterocycles. The van der Waals surface area contributed by atoms with Gasteiger partial charge in [-0.1, -0.05) is 18.2 Å². The number of hydrogen-bond donors (Lipinski definition) is 1. The van der Waals surface area contributed by atoms with Crippen molar-refractivity contribution in [1.82, 2.24) is 5.32 Å². The highest BCUT2D eigenvalue weighted by Crippen LogP contribution is 2.32. The highest BCUT2D eigenvalue weighted by molar-refractivity contribution is 5.68. The molecule has 3 rings (SSSR count). The van der Waals surface area contributed by atoms with Crippen molar-refractivity contribution in [2.24, 2.45) is 0 Å². The second-order valence-corrected chi connectivity index (χ2v) is 5.40. The molecule has 1 N–H and O–H groups in total. The first-order valence-corrected chi connectivity index (χ1v) is 6.94. The summed E-state index contributed by atoms with van der Waals surface area (Å²) in [5, 5.41) is 3.37. The van der Waals surface area contributed by atoms with Crippen molar-refractivity contribution < 1.29 is 27.0 Å². The molecule has 1 aromatic carbocycles. The van der Waals surface area contributed by atoms with Gasteiger partial charge in [-0.05, 0) is 29.7 Å². The van der Waals surface area contributed by atoms with Crippen molar-refractivity contribution in [3.63, 3.8) is 0 Å². The van der Waals surface area contributed by atoms with Crippen LogP contribution in [0, 0.1) is 0 Å². The maximum atomic E-state index is 13.0. The summed E-state index contributed by atoms with van der Waals surface area (Å²) in [6.45, 7) is 1.15. The molecule has 0 spiro atoms. The number of alkyl halides is 4. The van der Waals surface area contributed by atoms with Crippen LogP contribution in [0.3, 0.4) is 0 Å². The normalized spacial score (nSPS) is 25.0. The van der Waals surface area contributed by atoms with Crippen LogP contribution in [-0.4, -0.2) is 37.8 Å². The van der Waals surface area contributed by atoms with Gasteiger partial charge < -0.3 is 14.8 Å². The maximum absolute atomic E-state index is 13.0. The van der Waals surface area contributed by atoms with Crippen molar-refractivity contribution in [2.45, 2.75) is 31.0 Å². The van der Waals surface area contributed by atoms with Gasteiger partial charge in [-0.2, -0.15) is 17.6 Å². The fourth-order valence-corrected chi connectivity index (χ4v) is 2.70. The van der Waals surface area contributed by atoms with Crippen LogP contribution in [0.1, 0.15) is 12.0 Å². The Bertz CT molecular complexity index is 576. The Labute approximate surface area is 124 Å². The van der Waals surface area contributed by atoms with Crippen LogP contribution in [0.15, 0.2) is 30.3 Å². The smallest absolute Gasteiger partial charge is 0.428 e. The number of fused-ring (bicyclic) bond motifs is 2. The van der Waals surface area contributed by atoms with E-state index in [1.165, 1.54) is 18.2 Å². The average Bonchev–Trinajstić information content (AvgIpc) is 2.46. The van der Waals surface area contributed by atoms with Gasteiger partial charge in [0, 0.05) is 12.1 Å². The van der Waals surface area contributed by atoms with Gasteiger partial charge in [-0.3, -0.25) is 0 Å². The van der Waals surface area contributed by atoms with E-state index in [1.54, 1.807) is 6.07 Å². The fourth-order valence-electron chi connectivity index (χ4n) is 2.70. The monoisotopic (exact) mass is 317 g/mol. The Balaban J connectivity index is 1.81. The summed E-state index contributed by atoms with van der Waals surface area (Å²) >= 11 is 0. The molecule has 2 atom stereocenters. The number of hydrogen-bond acceptors (Lipinski definition) is 3. The van der Waals surface area contributed by atoms with E-state index in [4.69, 9.17) is 4.74 Å². The average molecular weight is 317 g/mol. The van der Waals surface area contributed by atoms with Crippen molar-refractivity contribution in [2.75, 3.05) is 13.2 Å². The minimum Gasteiger partial charge on any atom is -0.428 e. The van der Waals surface area contributed by atoms with Crippen LogP contribution < -0.4 is 10.1 Å². The van der Waals surface area contributed by atoms with Gasteiger partial charge in [0.2, 0.25) is 0 Å². The second kappa shape index (κ2) is 5.89. The lowest BCUT2D eigenvalue weighted by Gasteiger charge is -2.35. The molecule has 2 aliphatic rings. The molecular formula is C15H15F4NO2. The first-order valence-electron chi connectivity index (χ1n) is 6.94. The van der Waals surface area contributed by atoms with Crippen LogP contribution in [0.25, 0.3) is 5.57 Å². The van der Waals surface area contributed by atoms with Gasteiger partial charge >= 0.3 is 12.5 Å². The van der Waals surface area contributed by atoms with Gasteiger partial charge in [0.1, 0.15) is 5.75 Å². The third kappa shape index (κ3) is 3.25. The number of benzene rings is 1.